The number of aromatic nitrogens is 3. The van der Waals surface area contributed by atoms with Crippen LogP contribution >= 0.6 is 11.3 Å². The maximum Gasteiger partial charge on any atom is 0.268 e. The summed E-state index contributed by atoms with van der Waals surface area (Å²) >= 11 is 0.743. The number of nitrogens with zero attached hydrogens (tertiary/aromatic N) is 4. The van der Waals surface area contributed by atoms with Crippen molar-refractivity contribution in [1.29, 1.82) is 5.26 Å². The van der Waals surface area contributed by atoms with Gasteiger partial charge in [0.25, 0.3) is 5.91 Å². The van der Waals surface area contributed by atoms with Crippen molar-refractivity contribution in [3.05, 3.63) is 52.9 Å². The highest BCUT2D eigenvalue weighted by molar-refractivity contribution is 7.93. The number of rotatable bonds is 7. The van der Waals surface area contributed by atoms with Gasteiger partial charge < -0.3 is 9.30 Å². The minimum atomic E-state index is -3.52. The summed E-state index contributed by atoms with van der Waals surface area (Å²) in [5.41, 5.74) is 3.19. The number of carbonyl (C=O) groups excluding carboxylic acids is 1. The van der Waals surface area contributed by atoms with Crippen LogP contribution in [0.5, 0.6) is 5.75 Å². The van der Waals surface area contributed by atoms with Crippen LogP contribution in [0.2, 0.25) is 0 Å². The monoisotopic (exact) mass is 471 g/mol. The summed E-state index contributed by atoms with van der Waals surface area (Å²) in [6.07, 6.45) is 1.49. The number of anilines is 1. The van der Waals surface area contributed by atoms with Crippen LogP contribution < -0.4 is 10.1 Å². The van der Waals surface area contributed by atoms with Crippen molar-refractivity contribution in [3.8, 4) is 17.5 Å². The Morgan fingerprint density at radius 1 is 1.31 bits per heavy atom. The molecule has 1 N–H and O–H groups in total. The van der Waals surface area contributed by atoms with E-state index in [1.807, 2.05) is 54.8 Å². The van der Waals surface area contributed by atoms with E-state index in [9.17, 15) is 18.5 Å². The van der Waals surface area contributed by atoms with Crippen molar-refractivity contribution in [2.75, 3.05) is 18.2 Å². The molecule has 3 aromatic rings. The van der Waals surface area contributed by atoms with E-state index in [4.69, 9.17) is 4.74 Å². The molecule has 166 valence electrons. The first-order chi connectivity index (χ1) is 15.2. The average Bonchev–Trinajstić information content (AvgIpc) is 3.36. The van der Waals surface area contributed by atoms with Crippen molar-refractivity contribution in [2.45, 2.75) is 25.1 Å². The van der Waals surface area contributed by atoms with E-state index in [1.165, 1.54) is 13.0 Å². The zero-order valence-corrected chi connectivity index (χ0v) is 19.5. The molecular weight excluding hydrogens is 450 g/mol. The number of ether oxygens (including phenoxy) is 1. The number of sulfone groups is 1. The first-order valence-electron chi connectivity index (χ1n) is 9.53. The van der Waals surface area contributed by atoms with E-state index in [-0.39, 0.29) is 20.8 Å². The van der Waals surface area contributed by atoms with Crippen LogP contribution in [-0.4, -0.2) is 42.0 Å². The van der Waals surface area contributed by atoms with E-state index in [1.54, 1.807) is 7.11 Å². The van der Waals surface area contributed by atoms with E-state index in [0.29, 0.717) is 11.3 Å². The lowest BCUT2D eigenvalue weighted by Gasteiger charge is -2.11. The van der Waals surface area contributed by atoms with Crippen LogP contribution in [0.3, 0.4) is 0 Å². The van der Waals surface area contributed by atoms with Crippen LogP contribution in [0.25, 0.3) is 11.8 Å². The average molecular weight is 472 g/mol. The van der Waals surface area contributed by atoms with E-state index in [0.717, 1.165) is 28.4 Å². The van der Waals surface area contributed by atoms with Crippen molar-refractivity contribution in [1.82, 2.24) is 14.8 Å². The summed E-state index contributed by atoms with van der Waals surface area (Å²) in [6, 6.07) is 11.3. The number of methoxy groups -OCH3 is 1. The molecular formula is C21H21N5O4S2. The van der Waals surface area contributed by atoms with Gasteiger partial charge in [0.1, 0.15) is 17.4 Å². The van der Waals surface area contributed by atoms with Gasteiger partial charge in [0.2, 0.25) is 19.3 Å². The van der Waals surface area contributed by atoms with Gasteiger partial charge in [-0.3, -0.25) is 10.1 Å². The lowest BCUT2D eigenvalue weighted by molar-refractivity contribution is -0.112. The summed E-state index contributed by atoms with van der Waals surface area (Å²) in [5.74, 6) is -0.108. The van der Waals surface area contributed by atoms with Gasteiger partial charge in [0.15, 0.2) is 0 Å². The van der Waals surface area contributed by atoms with E-state index in [2.05, 4.69) is 15.5 Å². The molecule has 0 spiro atoms. The van der Waals surface area contributed by atoms with Gasteiger partial charge >= 0.3 is 0 Å². The van der Waals surface area contributed by atoms with Crippen molar-refractivity contribution in [3.63, 3.8) is 0 Å². The second-order valence-corrected chi connectivity index (χ2v) is 10.2. The summed E-state index contributed by atoms with van der Waals surface area (Å²) in [7, 11) is -1.93. The predicted octanol–water partition coefficient (Wildman–Crippen LogP) is 3.29. The lowest BCUT2D eigenvalue weighted by Crippen LogP contribution is -2.13. The van der Waals surface area contributed by atoms with E-state index >= 15 is 0 Å². The van der Waals surface area contributed by atoms with Crippen molar-refractivity contribution >= 4 is 38.3 Å². The highest BCUT2D eigenvalue weighted by Crippen LogP contribution is 2.26. The van der Waals surface area contributed by atoms with Crippen LogP contribution in [0.4, 0.5) is 5.13 Å². The third-order valence-electron chi connectivity index (χ3n) is 4.72. The molecule has 2 aromatic heterocycles. The maximum atomic E-state index is 12.6. The highest BCUT2D eigenvalue weighted by Gasteiger charge is 2.20. The van der Waals surface area contributed by atoms with Gasteiger partial charge in [-0.15, -0.1) is 10.2 Å². The number of carbonyl (C=O) groups is 1. The number of hydrogen-bond acceptors (Lipinski definition) is 8. The number of amides is 1. The Kier molecular flexibility index (Phi) is 6.76. The first-order valence-corrected chi connectivity index (χ1v) is 12.0. The van der Waals surface area contributed by atoms with Crippen molar-refractivity contribution in [2.24, 2.45) is 0 Å². The molecule has 2 heterocycles. The molecule has 11 heteroatoms. The third kappa shape index (κ3) is 4.71. The molecule has 32 heavy (non-hydrogen) atoms. The molecule has 0 aliphatic heterocycles. The molecule has 0 radical (unpaired) electrons. The molecule has 0 saturated heterocycles. The third-order valence-corrected chi connectivity index (χ3v) is 7.74. The number of nitrogens with one attached hydrogen (secondary N) is 1. The SMILES string of the molecule is CCS(=O)(=O)c1nnc(NC(=O)C(C#N)=Cc2cc(C)n(-c3cccc(OC)c3)c2C)s1. The number of benzene rings is 1. The number of nitriles is 1. The van der Waals surface area contributed by atoms with Gasteiger partial charge in [-0.05, 0) is 43.7 Å². The van der Waals surface area contributed by atoms with Crippen LogP contribution in [0, 0.1) is 25.2 Å². The van der Waals surface area contributed by atoms with Gasteiger partial charge in [-0.2, -0.15) is 5.26 Å². The zero-order chi connectivity index (χ0) is 23.5. The largest absolute Gasteiger partial charge is 0.497 e. The topological polar surface area (TPSA) is 127 Å². The maximum absolute atomic E-state index is 12.6. The molecule has 1 amide bonds. The number of hydrogen-bond donors (Lipinski definition) is 1. The molecule has 9 nitrogen and oxygen atoms in total. The van der Waals surface area contributed by atoms with E-state index < -0.39 is 15.7 Å². The molecule has 0 aliphatic carbocycles. The fourth-order valence-corrected chi connectivity index (χ4v) is 5.04. The Balaban J connectivity index is 1.90. The fourth-order valence-electron chi connectivity index (χ4n) is 3.06. The van der Waals surface area contributed by atoms with Crippen LogP contribution in [0.15, 0.2) is 40.2 Å². The number of aryl methyl sites for hydroxylation is 1. The Hall–Kier alpha value is -3.49. The molecule has 1 aromatic carbocycles. The quantitative estimate of drug-likeness (QED) is 0.318. The lowest BCUT2D eigenvalue weighted by atomic mass is 10.1. The van der Waals surface area contributed by atoms with Crippen LogP contribution in [-0.2, 0) is 14.6 Å². The minimum absolute atomic E-state index is 0.00466. The Bertz CT molecular complexity index is 1350. The Morgan fingerprint density at radius 3 is 2.72 bits per heavy atom. The molecule has 0 atom stereocenters. The molecule has 0 aliphatic rings. The first kappa shape index (κ1) is 23.2. The van der Waals surface area contributed by atoms with Gasteiger partial charge in [0.05, 0.1) is 12.9 Å². The van der Waals surface area contributed by atoms with Gasteiger partial charge in [-0.25, -0.2) is 8.42 Å². The second kappa shape index (κ2) is 9.33. The summed E-state index contributed by atoms with van der Waals surface area (Å²) in [6.45, 7) is 5.30. The van der Waals surface area contributed by atoms with Crippen LogP contribution in [0.1, 0.15) is 23.9 Å². The summed E-state index contributed by atoms with van der Waals surface area (Å²) in [4.78, 5) is 12.6. The Morgan fingerprint density at radius 2 is 2.06 bits per heavy atom. The smallest absolute Gasteiger partial charge is 0.268 e. The Labute approximate surface area is 189 Å². The fraction of sp³-hybridized carbons (Fsp3) is 0.238. The minimum Gasteiger partial charge on any atom is -0.497 e. The predicted molar refractivity (Wildman–Crippen MR) is 122 cm³/mol. The normalized spacial score (nSPS) is 11.8. The van der Waals surface area contributed by atoms with Gasteiger partial charge in [-0.1, -0.05) is 24.3 Å². The summed E-state index contributed by atoms with van der Waals surface area (Å²) < 4.78 is 30.9. The standard InChI is InChI=1S/C21H21N5O4S2/c1-5-32(28,29)21-25-24-20(31-21)23-19(27)16(12-22)10-15-9-13(2)26(14(15)3)17-7-6-8-18(11-17)30-4/h6-11H,5H2,1-4H3,(H,23,24,27). The zero-order valence-electron chi connectivity index (χ0n) is 17.9. The molecule has 3 rings (SSSR count). The highest BCUT2D eigenvalue weighted by atomic mass is 32.2. The van der Waals surface area contributed by atoms with Gasteiger partial charge in [0, 0.05) is 23.1 Å². The second-order valence-electron chi connectivity index (χ2n) is 6.76. The molecule has 0 unspecified atom stereocenters. The molecule has 0 fully saturated rings. The van der Waals surface area contributed by atoms with Crippen molar-refractivity contribution < 1.29 is 17.9 Å². The summed E-state index contributed by atoms with van der Waals surface area (Å²) in [5, 5.41) is 19.3. The molecule has 0 bridgehead atoms. The molecule has 0 saturated carbocycles.